The summed E-state index contributed by atoms with van der Waals surface area (Å²) in [6.45, 7) is 5.47. The number of benzene rings is 2. The first-order valence-corrected chi connectivity index (χ1v) is 8.21. The molecule has 0 fully saturated rings. The van der Waals surface area contributed by atoms with Crippen LogP contribution < -0.4 is 10.1 Å². The van der Waals surface area contributed by atoms with Gasteiger partial charge in [-0.25, -0.2) is 0 Å². The fraction of sp³-hybridized carbons (Fsp3) is 0.350. The Hall–Kier alpha value is -2.33. The Bertz CT molecular complexity index is 657. The molecule has 4 nitrogen and oxygen atoms in total. The minimum absolute atomic E-state index is 0.240. The Morgan fingerprint density at radius 1 is 1.12 bits per heavy atom. The van der Waals surface area contributed by atoms with Crippen LogP contribution in [0.3, 0.4) is 0 Å². The normalized spacial score (nSPS) is 14.5. The van der Waals surface area contributed by atoms with Gasteiger partial charge in [-0.2, -0.15) is 0 Å². The van der Waals surface area contributed by atoms with Crippen LogP contribution in [-0.2, 0) is 11.2 Å². The maximum Gasteiger partial charge on any atom is 0.261 e. The van der Waals surface area contributed by atoms with E-state index in [9.17, 15) is 9.90 Å². The minimum Gasteiger partial charge on any atom is -0.481 e. The Morgan fingerprint density at radius 3 is 2.50 bits per heavy atom. The number of amides is 1. The van der Waals surface area contributed by atoms with E-state index in [4.69, 9.17) is 4.74 Å². The van der Waals surface area contributed by atoms with E-state index in [2.05, 4.69) is 5.32 Å². The van der Waals surface area contributed by atoms with E-state index < -0.39 is 12.2 Å². The molecule has 0 aromatic heterocycles. The lowest BCUT2D eigenvalue weighted by molar-refractivity contribution is -0.128. The third-order valence-corrected chi connectivity index (χ3v) is 3.91. The molecule has 0 radical (unpaired) electrons. The summed E-state index contributed by atoms with van der Waals surface area (Å²) in [6, 6.07) is 16.9. The van der Waals surface area contributed by atoms with Gasteiger partial charge in [0.1, 0.15) is 5.75 Å². The second-order valence-electron chi connectivity index (χ2n) is 6.13. The van der Waals surface area contributed by atoms with Crippen molar-refractivity contribution in [3.8, 4) is 5.75 Å². The van der Waals surface area contributed by atoms with Gasteiger partial charge in [-0.15, -0.1) is 0 Å². The molecule has 3 unspecified atom stereocenters. The molecular weight excluding hydrogens is 302 g/mol. The van der Waals surface area contributed by atoms with Crippen molar-refractivity contribution in [2.24, 2.45) is 0 Å². The van der Waals surface area contributed by atoms with Crippen molar-refractivity contribution in [3.63, 3.8) is 0 Å². The highest BCUT2D eigenvalue weighted by Crippen LogP contribution is 2.14. The van der Waals surface area contributed by atoms with Gasteiger partial charge < -0.3 is 15.2 Å². The van der Waals surface area contributed by atoms with Crippen molar-refractivity contribution in [1.29, 1.82) is 0 Å². The molecule has 128 valence electrons. The van der Waals surface area contributed by atoms with Gasteiger partial charge in [0.2, 0.25) is 0 Å². The van der Waals surface area contributed by atoms with E-state index in [1.54, 1.807) is 13.8 Å². The lowest BCUT2D eigenvalue weighted by Gasteiger charge is -2.23. The molecule has 2 aromatic carbocycles. The quantitative estimate of drug-likeness (QED) is 0.822. The number of carbonyl (C=O) groups is 1. The predicted molar refractivity (Wildman–Crippen MR) is 95.0 cm³/mol. The summed E-state index contributed by atoms with van der Waals surface area (Å²) in [5.74, 6) is 0.422. The number of hydrogen-bond donors (Lipinski definition) is 2. The average Bonchev–Trinajstić information content (AvgIpc) is 2.55. The molecule has 2 aromatic rings. The largest absolute Gasteiger partial charge is 0.481 e. The van der Waals surface area contributed by atoms with Crippen molar-refractivity contribution in [3.05, 3.63) is 65.7 Å². The highest BCUT2D eigenvalue weighted by Gasteiger charge is 2.21. The fourth-order valence-corrected chi connectivity index (χ4v) is 2.42. The smallest absolute Gasteiger partial charge is 0.261 e. The van der Waals surface area contributed by atoms with E-state index >= 15 is 0 Å². The molecule has 2 N–H and O–H groups in total. The molecule has 4 heteroatoms. The van der Waals surface area contributed by atoms with E-state index in [0.29, 0.717) is 12.2 Å². The molecule has 3 atom stereocenters. The highest BCUT2D eigenvalue weighted by atomic mass is 16.5. The summed E-state index contributed by atoms with van der Waals surface area (Å²) < 4.78 is 5.66. The molecule has 2 rings (SSSR count). The van der Waals surface area contributed by atoms with Gasteiger partial charge in [-0.3, -0.25) is 4.79 Å². The third-order valence-electron chi connectivity index (χ3n) is 3.91. The van der Waals surface area contributed by atoms with Crippen LogP contribution in [0.25, 0.3) is 0 Å². The molecule has 0 saturated carbocycles. The van der Waals surface area contributed by atoms with Gasteiger partial charge in [0.15, 0.2) is 6.10 Å². The highest BCUT2D eigenvalue weighted by molar-refractivity contribution is 5.81. The molecule has 0 aliphatic heterocycles. The van der Waals surface area contributed by atoms with Crippen molar-refractivity contribution >= 4 is 5.91 Å². The average molecular weight is 327 g/mol. The van der Waals surface area contributed by atoms with Crippen molar-refractivity contribution in [2.45, 2.75) is 45.4 Å². The van der Waals surface area contributed by atoms with Gasteiger partial charge in [-0.05, 0) is 44.0 Å². The summed E-state index contributed by atoms with van der Waals surface area (Å²) in [5, 5.41) is 13.1. The summed E-state index contributed by atoms with van der Waals surface area (Å²) in [5.41, 5.74) is 2.11. The van der Waals surface area contributed by atoms with Crippen molar-refractivity contribution < 1.29 is 14.6 Å². The molecule has 0 heterocycles. The Balaban J connectivity index is 1.85. The van der Waals surface area contributed by atoms with Gasteiger partial charge in [-0.1, -0.05) is 42.5 Å². The number of hydrogen-bond acceptors (Lipinski definition) is 3. The number of nitrogens with one attached hydrogen (secondary N) is 1. The van der Waals surface area contributed by atoms with Crippen LogP contribution in [0.2, 0.25) is 0 Å². The van der Waals surface area contributed by atoms with Crippen LogP contribution >= 0.6 is 0 Å². The number of aliphatic hydroxyl groups excluding tert-OH is 1. The predicted octanol–water partition coefficient (Wildman–Crippen LogP) is 2.87. The molecule has 0 aliphatic carbocycles. The van der Waals surface area contributed by atoms with Gasteiger partial charge in [0.25, 0.3) is 5.91 Å². The monoisotopic (exact) mass is 327 g/mol. The van der Waals surface area contributed by atoms with Gasteiger partial charge in [0.05, 0.1) is 12.1 Å². The van der Waals surface area contributed by atoms with Crippen LogP contribution in [0.15, 0.2) is 54.6 Å². The number of carbonyl (C=O) groups excluding carboxylic acids is 1. The zero-order valence-corrected chi connectivity index (χ0v) is 14.4. The third kappa shape index (κ3) is 5.39. The molecule has 0 aliphatic rings. The zero-order chi connectivity index (χ0) is 17.5. The molecule has 24 heavy (non-hydrogen) atoms. The fourth-order valence-electron chi connectivity index (χ4n) is 2.42. The number of aryl methyl sites for hydroxylation is 1. The first kappa shape index (κ1) is 18.0. The molecule has 0 bridgehead atoms. The van der Waals surface area contributed by atoms with E-state index in [1.165, 1.54) is 0 Å². The van der Waals surface area contributed by atoms with E-state index in [-0.39, 0.29) is 11.9 Å². The molecule has 1 amide bonds. The van der Waals surface area contributed by atoms with Crippen LogP contribution in [0.5, 0.6) is 5.75 Å². The maximum atomic E-state index is 12.3. The van der Waals surface area contributed by atoms with Crippen LogP contribution in [-0.4, -0.2) is 29.3 Å². The van der Waals surface area contributed by atoms with Gasteiger partial charge in [0, 0.05) is 6.42 Å². The molecular formula is C20H25NO3. The maximum absolute atomic E-state index is 12.3. The number of ether oxygens (including phenoxy) is 1. The first-order chi connectivity index (χ1) is 11.5. The summed E-state index contributed by atoms with van der Waals surface area (Å²) in [6.07, 6.45) is -0.782. The minimum atomic E-state index is -0.650. The first-order valence-electron chi connectivity index (χ1n) is 8.21. The SMILES string of the molecule is Cc1cccc(OC(C)C(=O)NC(C)C(O)Cc2ccccc2)c1. The second kappa shape index (κ2) is 8.50. The molecule has 0 spiro atoms. The van der Waals surface area contributed by atoms with Crippen LogP contribution in [0.4, 0.5) is 0 Å². The van der Waals surface area contributed by atoms with Crippen molar-refractivity contribution in [1.82, 2.24) is 5.32 Å². The summed E-state index contributed by atoms with van der Waals surface area (Å²) in [7, 11) is 0. The summed E-state index contributed by atoms with van der Waals surface area (Å²) >= 11 is 0. The number of rotatable bonds is 7. The lowest BCUT2D eigenvalue weighted by Crippen LogP contribution is -2.47. The van der Waals surface area contributed by atoms with Crippen LogP contribution in [0.1, 0.15) is 25.0 Å². The second-order valence-corrected chi connectivity index (χ2v) is 6.13. The van der Waals surface area contributed by atoms with E-state index in [1.807, 2.05) is 61.5 Å². The topological polar surface area (TPSA) is 58.6 Å². The Morgan fingerprint density at radius 2 is 1.83 bits per heavy atom. The zero-order valence-electron chi connectivity index (χ0n) is 14.4. The lowest BCUT2D eigenvalue weighted by atomic mass is 10.0. The summed E-state index contributed by atoms with van der Waals surface area (Å²) in [4.78, 5) is 12.3. The van der Waals surface area contributed by atoms with Crippen molar-refractivity contribution in [2.75, 3.05) is 0 Å². The Kier molecular flexibility index (Phi) is 6.38. The molecule has 0 saturated heterocycles. The standard InChI is InChI=1S/C20H25NO3/c1-14-8-7-11-18(12-14)24-16(3)20(23)21-15(2)19(22)13-17-9-5-4-6-10-17/h4-12,15-16,19,22H,13H2,1-3H3,(H,21,23). The van der Waals surface area contributed by atoms with Gasteiger partial charge >= 0.3 is 0 Å². The van der Waals surface area contributed by atoms with Crippen LogP contribution in [0, 0.1) is 6.92 Å². The number of aliphatic hydroxyl groups is 1. The van der Waals surface area contributed by atoms with E-state index in [0.717, 1.165) is 11.1 Å². The Labute approximate surface area is 143 Å².